The highest BCUT2D eigenvalue weighted by atomic mass is 19.1. The topological polar surface area (TPSA) is 105 Å². The van der Waals surface area contributed by atoms with Crippen LogP contribution in [-0.4, -0.2) is 34.8 Å². The van der Waals surface area contributed by atoms with E-state index < -0.39 is 23.9 Å². The van der Waals surface area contributed by atoms with Gasteiger partial charge in [0.2, 0.25) is 11.8 Å². The van der Waals surface area contributed by atoms with Crippen LogP contribution >= 0.6 is 0 Å². The number of nitrogens with zero attached hydrogens (tertiary/aromatic N) is 1. The average molecular weight is 451 g/mol. The second kappa shape index (κ2) is 8.31. The number of nitrogens with one attached hydrogen (secondary N) is 2. The fourth-order valence-electron chi connectivity index (χ4n) is 4.30. The third kappa shape index (κ3) is 4.30. The summed E-state index contributed by atoms with van der Waals surface area (Å²) in [6.07, 6.45) is 1.81. The van der Waals surface area contributed by atoms with Gasteiger partial charge in [0.1, 0.15) is 18.5 Å². The number of amides is 4. The van der Waals surface area contributed by atoms with Crippen LogP contribution in [0.1, 0.15) is 58.6 Å². The number of halogens is 1. The molecule has 33 heavy (non-hydrogen) atoms. The Morgan fingerprint density at radius 2 is 1.94 bits per heavy atom. The Labute approximate surface area is 189 Å². The SMILES string of the molecule is O=C1CCC(N2Cc3ccc(COC(=O)Nc4cc(C5CC5)ccc4F)cc3C2=O)C(=O)N1. The highest BCUT2D eigenvalue weighted by Crippen LogP contribution is 2.41. The number of ether oxygens (including phenoxy) is 1. The van der Waals surface area contributed by atoms with E-state index in [0.29, 0.717) is 23.5 Å². The average Bonchev–Trinajstić information content (AvgIpc) is 3.59. The number of fused-ring (bicyclic) bond motifs is 1. The lowest BCUT2D eigenvalue weighted by Crippen LogP contribution is -2.52. The van der Waals surface area contributed by atoms with E-state index in [-0.39, 0.29) is 37.1 Å². The van der Waals surface area contributed by atoms with Crippen molar-refractivity contribution in [2.75, 3.05) is 5.32 Å². The van der Waals surface area contributed by atoms with Gasteiger partial charge in [-0.3, -0.25) is 25.0 Å². The van der Waals surface area contributed by atoms with E-state index in [2.05, 4.69) is 10.6 Å². The summed E-state index contributed by atoms with van der Waals surface area (Å²) in [6, 6.07) is 9.13. The van der Waals surface area contributed by atoms with Crippen molar-refractivity contribution in [1.29, 1.82) is 0 Å². The second-order valence-corrected chi connectivity index (χ2v) is 8.61. The van der Waals surface area contributed by atoms with Gasteiger partial charge < -0.3 is 9.64 Å². The molecule has 0 radical (unpaired) electrons. The quantitative estimate of drug-likeness (QED) is 0.680. The summed E-state index contributed by atoms with van der Waals surface area (Å²) in [7, 11) is 0. The van der Waals surface area contributed by atoms with Crippen LogP contribution in [0.15, 0.2) is 36.4 Å². The number of anilines is 1. The zero-order valence-corrected chi connectivity index (χ0v) is 17.7. The third-order valence-electron chi connectivity index (χ3n) is 6.24. The van der Waals surface area contributed by atoms with Crippen LogP contribution in [0, 0.1) is 5.82 Å². The van der Waals surface area contributed by atoms with Crippen LogP contribution in [0.3, 0.4) is 0 Å². The van der Waals surface area contributed by atoms with Crippen LogP contribution in [0.25, 0.3) is 0 Å². The van der Waals surface area contributed by atoms with Gasteiger partial charge >= 0.3 is 6.09 Å². The van der Waals surface area contributed by atoms with Crippen molar-refractivity contribution in [3.8, 4) is 0 Å². The molecule has 1 saturated heterocycles. The fraction of sp³-hybridized carbons (Fsp3) is 0.333. The lowest BCUT2D eigenvalue weighted by molar-refractivity contribution is -0.136. The molecule has 0 aromatic heterocycles. The Morgan fingerprint density at radius 1 is 1.12 bits per heavy atom. The molecule has 0 spiro atoms. The molecule has 2 fully saturated rings. The highest BCUT2D eigenvalue weighted by molar-refractivity contribution is 6.05. The van der Waals surface area contributed by atoms with Crippen LogP contribution < -0.4 is 10.6 Å². The van der Waals surface area contributed by atoms with Gasteiger partial charge in [-0.1, -0.05) is 18.2 Å². The third-order valence-corrected chi connectivity index (χ3v) is 6.24. The normalized spacial score (nSPS) is 19.8. The molecule has 2 N–H and O–H groups in total. The number of carbonyl (C=O) groups is 4. The first-order valence-electron chi connectivity index (χ1n) is 10.9. The minimum absolute atomic E-state index is 0.0772. The lowest BCUT2D eigenvalue weighted by atomic mass is 10.0. The van der Waals surface area contributed by atoms with Gasteiger partial charge in [-0.05, 0) is 60.1 Å². The molecule has 9 heteroatoms. The Morgan fingerprint density at radius 3 is 2.70 bits per heavy atom. The molecule has 2 aromatic rings. The zero-order valence-electron chi connectivity index (χ0n) is 17.7. The van der Waals surface area contributed by atoms with Crippen molar-refractivity contribution in [1.82, 2.24) is 10.2 Å². The van der Waals surface area contributed by atoms with E-state index in [1.165, 1.54) is 11.0 Å². The first-order chi connectivity index (χ1) is 15.9. The number of hydrogen-bond donors (Lipinski definition) is 2. The van der Waals surface area contributed by atoms with Crippen LogP contribution in [0.2, 0.25) is 0 Å². The Balaban J connectivity index is 1.21. The summed E-state index contributed by atoms with van der Waals surface area (Å²) in [5, 5.41) is 4.71. The van der Waals surface area contributed by atoms with Gasteiger partial charge in [0.05, 0.1) is 5.69 Å². The minimum Gasteiger partial charge on any atom is -0.444 e. The number of imide groups is 1. The molecule has 1 atom stereocenters. The molecule has 2 heterocycles. The maximum absolute atomic E-state index is 14.0. The second-order valence-electron chi connectivity index (χ2n) is 8.61. The summed E-state index contributed by atoms with van der Waals surface area (Å²) in [6.45, 7) is 0.174. The summed E-state index contributed by atoms with van der Waals surface area (Å²) >= 11 is 0. The maximum atomic E-state index is 14.0. The van der Waals surface area contributed by atoms with Crippen LogP contribution in [0.5, 0.6) is 0 Å². The van der Waals surface area contributed by atoms with E-state index in [1.54, 1.807) is 30.3 Å². The van der Waals surface area contributed by atoms with Gasteiger partial charge in [-0.15, -0.1) is 0 Å². The Hall–Kier alpha value is -3.75. The Kier molecular flexibility index (Phi) is 5.32. The monoisotopic (exact) mass is 451 g/mol. The van der Waals surface area contributed by atoms with E-state index in [4.69, 9.17) is 4.74 Å². The number of rotatable bonds is 5. The molecule has 4 amide bonds. The summed E-state index contributed by atoms with van der Waals surface area (Å²) < 4.78 is 19.3. The number of piperidine rings is 1. The standard InChI is InChI=1S/C24H22FN3O5/c25-18-6-5-15(14-3-4-14)10-19(18)26-24(32)33-12-13-1-2-16-11-28(23(31)17(16)9-13)20-7-8-21(29)27-22(20)30/h1-2,5-6,9-10,14,20H,3-4,7-8,11-12H2,(H,26,32)(H,27,29,30). The molecule has 8 nitrogen and oxygen atoms in total. The first kappa shape index (κ1) is 21.1. The zero-order chi connectivity index (χ0) is 23.1. The Bertz CT molecular complexity index is 1180. The maximum Gasteiger partial charge on any atom is 0.412 e. The van der Waals surface area contributed by atoms with E-state index >= 15 is 0 Å². The van der Waals surface area contributed by atoms with E-state index in [1.807, 2.05) is 0 Å². The van der Waals surface area contributed by atoms with Gasteiger partial charge in [-0.2, -0.15) is 0 Å². The molecule has 1 unspecified atom stereocenters. The van der Waals surface area contributed by atoms with Gasteiger partial charge in [0.25, 0.3) is 5.91 Å². The van der Waals surface area contributed by atoms with Crippen molar-refractivity contribution in [2.24, 2.45) is 0 Å². The first-order valence-corrected chi connectivity index (χ1v) is 10.9. The van der Waals surface area contributed by atoms with E-state index in [9.17, 15) is 23.6 Å². The van der Waals surface area contributed by atoms with Crippen molar-refractivity contribution in [3.05, 3.63) is 64.5 Å². The van der Waals surface area contributed by atoms with Crippen LogP contribution in [-0.2, 0) is 27.5 Å². The summed E-state index contributed by atoms with van der Waals surface area (Å²) in [5.41, 5.74) is 2.86. The largest absolute Gasteiger partial charge is 0.444 e. The number of hydrogen-bond acceptors (Lipinski definition) is 5. The summed E-state index contributed by atoms with van der Waals surface area (Å²) in [4.78, 5) is 50.1. The van der Waals surface area contributed by atoms with Gasteiger partial charge in [0, 0.05) is 18.5 Å². The number of benzene rings is 2. The van der Waals surface area contributed by atoms with E-state index in [0.717, 1.165) is 24.0 Å². The van der Waals surface area contributed by atoms with Gasteiger partial charge in [0.15, 0.2) is 0 Å². The van der Waals surface area contributed by atoms with Crippen molar-refractivity contribution in [3.63, 3.8) is 0 Å². The van der Waals surface area contributed by atoms with Crippen LogP contribution in [0.4, 0.5) is 14.9 Å². The number of carbonyl (C=O) groups excluding carboxylic acids is 4. The lowest BCUT2D eigenvalue weighted by Gasteiger charge is -2.29. The van der Waals surface area contributed by atoms with Crippen molar-refractivity contribution < 1.29 is 28.3 Å². The van der Waals surface area contributed by atoms with Crippen molar-refractivity contribution >= 4 is 29.5 Å². The molecule has 170 valence electrons. The van der Waals surface area contributed by atoms with Crippen molar-refractivity contribution in [2.45, 2.75) is 50.8 Å². The fourth-order valence-corrected chi connectivity index (χ4v) is 4.30. The molecular weight excluding hydrogens is 429 g/mol. The smallest absolute Gasteiger partial charge is 0.412 e. The molecule has 1 saturated carbocycles. The molecule has 2 aliphatic heterocycles. The molecule has 0 bridgehead atoms. The predicted octanol–water partition coefficient (Wildman–Crippen LogP) is 3.21. The molecule has 5 rings (SSSR count). The van der Waals surface area contributed by atoms with Gasteiger partial charge in [-0.25, -0.2) is 9.18 Å². The molecular formula is C24H22FN3O5. The highest BCUT2D eigenvalue weighted by Gasteiger charge is 2.39. The summed E-state index contributed by atoms with van der Waals surface area (Å²) in [5.74, 6) is -1.22. The molecule has 1 aliphatic carbocycles. The predicted molar refractivity (Wildman–Crippen MR) is 115 cm³/mol. The minimum atomic E-state index is -0.793. The molecule has 2 aromatic carbocycles. The molecule has 3 aliphatic rings.